The van der Waals surface area contributed by atoms with Crippen LogP contribution in [0.5, 0.6) is 0 Å². The van der Waals surface area contributed by atoms with Gasteiger partial charge in [-0.25, -0.2) is 4.79 Å². The monoisotopic (exact) mass is 319 g/mol. The number of nitrogens with zero attached hydrogens (tertiary/aromatic N) is 2. The first kappa shape index (κ1) is 16.9. The van der Waals surface area contributed by atoms with Crippen LogP contribution in [0.25, 0.3) is 0 Å². The molecule has 23 heavy (non-hydrogen) atoms. The number of nitrogens with two attached hydrogens (primary N) is 1. The Balaban J connectivity index is 1.82. The van der Waals surface area contributed by atoms with Crippen LogP contribution in [0, 0.1) is 0 Å². The highest BCUT2D eigenvalue weighted by atomic mass is 16.3. The van der Waals surface area contributed by atoms with Crippen LogP contribution < -0.4 is 16.4 Å². The van der Waals surface area contributed by atoms with Crippen LogP contribution in [-0.2, 0) is 6.42 Å². The van der Waals surface area contributed by atoms with E-state index >= 15 is 0 Å². The summed E-state index contributed by atoms with van der Waals surface area (Å²) in [4.78, 5) is 17.4. The van der Waals surface area contributed by atoms with Crippen molar-refractivity contribution in [3.05, 3.63) is 36.8 Å². The summed E-state index contributed by atoms with van der Waals surface area (Å²) < 4.78 is 5.31. The molecule has 7 nitrogen and oxygen atoms in total. The Bertz CT molecular complexity index is 519. The molecule has 1 aromatic rings. The number of amides is 2. The van der Waals surface area contributed by atoms with Crippen molar-refractivity contribution in [2.45, 2.75) is 25.3 Å². The van der Waals surface area contributed by atoms with E-state index in [0.717, 1.165) is 31.0 Å². The molecule has 0 bridgehead atoms. The van der Waals surface area contributed by atoms with E-state index in [1.807, 2.05) is 12.1 Å². The highest BCUT2D eigenvalue weighted by Gasteiger charge is 2.21. The minimum Gasteiger partial charge on any atom is -0.469 e. The number of guanidine groups is 1. The number of aliphatic imine (C=N–C) groups is 1. The number of rotatable bonds is 6. The third kappa shape index (κ3) is 5.69. The predicted octanol–water partition coefficient (Wildman–Crippen LogP) is 1.09. The maximum Gasteiger partial charge on any atom is 0.314 e. The SMILES string of the molecule is C=CCNC(=NCCc1ccco1)NC1CCN(C(N)=O)CC1. The second kappa shape index (κ2) is 8.87. The average Bonchev–Trinajstić information content (AvgIpc) is 3.06. The number of likely N-dealkylation sites (tertiary alicyclic amines) is 1. The van der Waals surface area contributed by atoms with Gasteiger partial charge in [0.05, 0.1) is 6.26 Å². The second-order valence-corrected chi connectivity index (χ2v) is 5.47. The number of carbonyl (C=O) groups excluding carboxylic acids is 1. The number of piperidine rings is 1. The molecule has 2 amide bonds. The maximum atomic E-state index is 11.2. The van der Waals surface area contributed by atoms with Gasteiger partial charge < -0.3 is 25.7 Å². The van der Waals surface area contributed by atoms with Crippen LogP contribution in [0.3, 0.4) is 0 Å². The molecule has 126 valence electrons. The van der Waals surface area contributed by atoms with E-state index in [4.69, 9.17) is 10.2 Å². The van der Waals surface area contributed by atoms with Crippen molar-refractivity contribution in [3.8, 4) is 0 Å². The minimum absolute atomic E-state index is 0.283. The molecular weight excluding hydrogens is 294 g/mol. The summed E-state index contributed by atoms with van der Waals surface area (Å²) in [5.41, 5.74) is 5.30. The molecule has 0 atom stereocenters. The van der Waals surface area contributed by atoms with E-state index < -0.39 is 0 Å². The number of hydrogen-bond donors (Lipinski definition) is 3. The first-order chi connectivity index (χ1) is 11.2. The highest BCUT2D eigenvalue weighted by Crippen LogP contribution is 2.09. The van der Waals surface area contributed by atoms with Gasteiger partial charge in [0, 0.05) is 38.6 Å². The third-order valence-corrected chi connectivity index (χ3v) is 3.77. The Hall–Kier alpha value is -2.44. The number of primary amides is 1. The van der Waals surface area contributed by atoms with Gasteiger partial charge in [0.1, 0.15) is 5.76 Å². The fourth-order valence-corrected chi connectivity index (χ4v) is 2.49. The fourth-order valence-electron chi connectivity index (χ4n) is 2.49. The van der Waals surface area contributed by atoms with E-state index in [1.54, 1.807) is 17.2 Å². The smallest absolute Gasteiger partial charge is 0.314 e. The summed E-state index contributed by atoms with van der Waals surface area (Å²) in [6.07, 6.45) is 5.93. The van der Waals surface area contributed by atoms with Crippen molar-refractivity contribution in [3.63, 3.8) is 0 Å². The first-order valence-electron chi connectivity index (χ1n) is 7.91. The lowest BCUT2D eigenvalue weighted by molar-refractivity contribution is 0.188. The summed E-state index contributed by atoms with van der Waals surface area (Å²) in [6, 6.07) is 3.76. The molecular formula is C16H25N5O2. The lowest BCUT2D eigenvalue weighted by Crippen LogP contribution is -2.50. The first-order valence-corrected chi connectivity index (χ1v) is 7.91. The van der Waals surface area contributed by atoms with Crippen LogP contribution in [0.1, 0.15) is 18.6 Å². The summed E-state index contributed by atoms with van der Waals surface area (Å²) in [6.45, 7) is 6.35. The summed E-state index contributed by atoms with van der Waals surface area (Å²) in [5, 5.41) is 6.63. The van der Waals surface area contributed by atoms with Crippen LogP contribution >= 0.6 is 0 Å². The van der Waals surface area contributed by atoms with Crippen LogP contribution in [0.2, 0.25) is 0 Å². The zero-order valence-electron chi connectivity index (χ0n) is 13.3. The van der Waals surface area contributed by atoms with Crippen LogP contribution in [-0.4, -0.2) is 49.1 Å². The standard InChI is InChI=1S/C16H25N5O2/c1-2-8-18-16(19-9-5-14-4-3-12-23-14)20-13-6-10-21(11-7-13)15(17)22/h2-4,12-13H,1,5-11H2,(H2,17,22)(H2,18,19,20). The number of hydrogen-bond acceptors (Lipinski definition) is 3. The van der Waals surface area contributed by atoms with E-state index in [0.29, 0.717) is 26.2 Å². The highest BCUT2D eigenvalue weighted by molar-refractivity contribution is 5.80. The van der Waals surface area contributed by atoms with Crippen molar-refractivity contribution in [1.82, 2.24) is 15.5 Å². The minimum atomic E-state index is -0.347. The molecule has 0 saturated carbocycles. The topological polar surface area (TPSA) is 95.9 Å². The lowest BCUT2D eigenvalue weighted by atomic mass is 10.1. The zero-order chi connectivity index (χ0) is 16.5. The van der Waals surface area contributed by atoms with Gasteiger partial charge in [0.25, 0.3) is 0 Å². The molecule has 1 aromatic heterocycles. The normalized spacial score (nSPS) is 16.2. The van der Waals surface area contributed by atoms with E-state index in [1.165, 1.54) is 0 Å². The van der Waals surface area contributed by atoms with Gasteiger partial charge in [-0.1, -0.05) is 6.08 Å². The average molecular weight is 319 g/mol. The summed E-state index contributed by atoms with van der Waals surface area (Å²) >= 11 is 0. The van der Waals surface area contributed by atoms with Crippen molar-refractivity contribution < 1.29 is 9.21 Å². The van der Waals surface area contributed by atoms with Gasteiger partial charge in [0.2, 0.25) is 0 Å². The number of nitrogens with one attached hydrogen (secondary N) is 2. The molecule has 2 heterocycles. The Morgan fingerprint density at radius 3 is 2.91 bits per heavy atom. The van der Waals surface area contributed by atoms with E-state index in [2.05, 4.69) is 22.2 Å². The molecule has 7 heteroatoms. The molecule has 1 saturated heterocycles. The Kier molecular flexibility index (Phi) is 6.53. The zero-order valence-corrected chi connectivity index (χ0v) is 13.3. The van der Waals surface area contributed by atoms with Gasteiger partial charge in [-0.2, -0.15) is 0 Å². The number of furan rings is 1. The molecule has 0 spiro atoms. The van der Waals surface area contributed by atoms with Crippen LogP contribution in [0.15, 0.2) is 40.5 Å². The van der Waals surface area contributed by atoms with E-state index in [-0.39, 0.29) is 12.1 Å². The maximum absolute atomic E-state index is 11.2. The number of carbonyl (C=O) groups is 1. The van der Waals surface area contributed by atoms with Crippen molar-refractivity contribution >= 4 is 12.0 Å². The quantitative estimate of drug-likeness (QED) is 0.415. The third-order valence-electron chi connectivity index (χ3n) is 3.77. The number of urea groups is 1. The lowest BCUT2D eigenvalue weighted by Gasteiger charge is -2.32. The fraction of sp³-hybridized carbons (Fsp3) is 0.500. The van der Waals surface area contributed by atoms with Gasteiger partial charge in [0.15, 0.2) is 5.96 Å². The largest absolute Gasteiger partial charge is 0.469 e. The van der Waals surface area contributed by atoms with Crippen molar-refractivity contribution in [2.75, 3.05) is 26.2 Å². The summed E-state index contributed by atoms with van der Waals surface area (Å²) in [5.74, 6) is 1.68. The Labute approximate surface area is 136 Å². The Morgan fingerprint density at radius 1 is 1.52 bits per heavy atom. The predicted molar refractivity (Wildman–Crippen MR) is 90.2 cm³/mol. The second-order valence-electron chi connectivity index (χ2n) is 5.47. The molecule has 0 aliphatic carbocycles. The van der Waals surface area contributed by atoms with Gasteiger partial charge in [-0.15, -0.1) is 6.58 Å². The molecule has 2 rings (SSSR count). The van der Waals surface area contributed by atoms with Gasteiger partial charge in [-0.3, -0.25) is 4.99 Å². The molecule has 0 radical (unpaired) electrons. The van der Waals surface area contributed by atoms with Gasteiger partial charge >= 0.3 is 6.03 Å². The molecule has 0 aromatic carbocycles. The summed E-state index contributed by atoms with van der Waals surface area (Å²) in [7, 11) is 0. The van der Waals surface area contributed by atoms with Gasteiger partial charge in [-0.05, 0) is 25.0 Å². The van der Waals surface area contributed by atoms with Crippen LogP contribution in [0.4, 0.5) is 4.79 Å². The van der Waals surface area contributed by atoms with Crippen molar-refractivity contribution in [2.24, 2.45) is 10.7 Å². The Morgan fingerprint density at radius 2 is 2.30 bits per heavy atom. The molecule has 1 fully saturated rings. The van der Waals surface area contributed by atoms with E-state index in [9.17, 15) is 4.79 Å². The molecule has 1 aliphatic rings. The molecule has 1 aliphatic heterocycles. The molecule has 4 N–H and O–H groups in total. The van der Waals surface area contributed by atoms with Crippen molar-refractivity contribution in [1.29, 1.82) is 0 Å². The molecule has 0 unspecified atom stereocenters.